The van der Waals surface area contributed by atoms with E-state index in [-0.39, 0.29) is 28.4 Å². The smallest absolute Gasteiger partial charge is 0.198 e. The molecule has 3 aromatic carbocycles. The molecule has 4 rings (SSSR count). The summed E-state index contributed by atoms with van der Waals surface area (Å²) < 4.78 is 0. The third-order valence-electron chi connectivity index (χ3n) is 4.11. The molecular formula is C22H19NO3. The molecule has 130 valence electrons. The quantitative estimate of drug-likeness (QED) is 0.505. The van der Waals surface area contributed by atoms with Gasteiger partial charge < -0.3 is 10.4 Å². The first kappa shape index (κ1) is 17.4. The SMILES string of the molecule is CC.O=C1c2ccccc2C(=O)c2c(Nc3ccccc3)ccc(O)c21. The van der Waals surface area contributed by atoms with Crippen LogP contribution in [0.2, 0.25) is 0 Å². The van der Waals surface area contributed by atoms with Crippen molar-refractivity contribution < 1.29 is 14.7 Å². The Morgan fingerprint density at radius 3 is 1.85 bits per heavy atom. The summed E-state index contributed by atoms with van der Waals surface area (Å²) in [6, 6.07) is 19.1. The molecule has 3 aromatic rings. The number of anilines is 2. The highest BCUT2D eigenvalue weighted by Gasteiger charge is 2.33. The zero-order valence-corrected chi connectivity index (χ0v) is 14.6. The normalized spacial score (nSPS) is 11.8. The second-order valence-corrected chi connectivity index (χ2v) is 5.58. The Morgan fingerprint density at radius 1 is 0.692 bits per heavy atom. The highest BCUT2D eigenvalue weighted by molar-refractivity contribution is 6.31. The standard InChI is InChI=1S/C20H13NO3.C2H6/c22-16-11-10-15(21-12-6-2-1-3-7-12)17-18(16)20(24)14-9-5-4-8-13(14)19(17)23;1-2/h1-11,21-22H;1-2H3. The molecule has 0 heterocycles. The molecule has 0 aromatic heterocycles. The maximum atomic E-state index is 12.9. The Morgan fingerprint density at radius 2 is 1.23 bits per heavy atom. The number of aromatic hydroxyl groups is 1. The van der Waals surface area contributed by atoms with Crippen molar-refractivity contribution in [2.45, 2.75) is 13.8 Å². The summed E-state index contributed by atoms with van der Waals surface area (Å²) >= 11 is 0. The molecule has 0 unspecified atom stereocenters. The van der Waals surface area contributed by atoms with Crippen molar-refractivity contribution in [3.8, 4) is 5.75 Å². The lowest BCUT2D eigenvalue weighted by atomic mass is 9.82. The number of hydrogen-bond donors (Lipinski definition) is 2. The number of carbonyl (C=O) groups excluding carboxylic acids is 2. The molecule has 0 spiro atoms. The van der Waals surface area contributed by atoms with E-state index in [2.05, 4.69) is 5.32 Å². The molecule has 2 N–H and O–H groups in total. The number of fused-ring (bicyclic) bond motifs is 2. The van der Waals surface area contributed by atoms with E-state index in [4.69, 9.17) is 0 Å². The van der Waals surface area contributed by atoms with Gasteiger partial charge in [0.05, 0.1) is 16.8 Å². The average molecular weight is 345 g/mol. The number of ketones is 2. The van der Waals surface area contributed by atoms with Gasteiger partial charge >= 0.3 is 0 Å². The van der Waals surface area contributed by atoms with E-state index in [1.807, 2.05) is 44.2 Å². The first-order chi connectivity index (χ1) is 12.7. The molecule has 4 heteroatoms. The number of benzene rings is 3. The Labute approximate surface area is 152 Å². The number of nitrogens with one attached hydrogen (secondary N) is 1. The molecule has 0 bridgehead atoms. The van der Waals surface area contributed by atoms with Crippen molar-refractivity contribution in [1.29, 1.82) is 0 Å². The molecule has 0 amide bonds. The largest absolute Gasteiger partial charge is 0.507 e. The van der Waals surface area contributed by atoms with Gasteiger partial charge in [-0.05, 0) is 24.3 Å². The Hall–Kier alpha value is -3.40. The second-order valence-electron chi connectivity index (χ2n) is 5.58. The highest BCUT2D eigenvalue weighted by Crippen LogP contribution is 2.37. The van der Waals surface area contributed by atoms with E-state index in [0.717, 1.165) is 5.69 Å². The molecule has 0 saturated carbocycles. The summed E-state index contributed by atoms with van der Waals surface area (Å²) in [4.78, 5) is 25.7. The summed E-state index contributed by atoms with van der Waals surface area (Å²) in [7, 11) is 0. The van der Waals surface area contributed by atoms with Crippen LogP contribution >= 0.6 is 0 Å². The number of hydrogen-bond acceptors (Lipinski definition) is 4. The molecular weight excluding hydrogens is 326 g/mol. The van der Waals surface area contributed by atoms with Gasteiger partial charge in [-0.1, -0.05) is 56.3 Å². The summed E-state index contributed by atoms with van der Waals surface area (Å²) in [5.74, 6) is -0.791. The number of para-hydroxylation sites is 1. The van der Waals surface area contributed by atoms with Crippen LogP contribution in [0, 0.1) is 0 Å². The minimum atomic E-state index is -0.339. The van der Waals surface area contributed by atoms with Crippen LogP contribution < -0.4 is 5.32 Å². The lowest BCUT2D eigenvalue weighted by molar-refractivity contribution is 0.0977. The zero-order chi connectivity index (χ0) is 18.7. The van der Waals surface area contributed by atoms with Crippen LogP contribution in [0.4, 0.5) is 11.4 Å². The molecule has 1 aliphatic rings. The van der Waals surface area contributed by atoms with Gasteiger partial charge in [0.1, 0.15) is 5.75 Å². The van der Waals surface area contributed by atoms with Gasteiger partial charge in [0.15, 0.2) is 11.6 Å². The first-order valence-corrected chi connectivity index (χ1v) is 8.53. The predicted molar refractivity (Wildman–Crippen MR) is 102 cm³/mol. The molecule has 0 saturated heterocycles. The summed E-state index contributed by atoms with van der Waals surface area (Å²) in [5, 5.41) is 13.3. The predicted octanol–water partition coefficient (Wildman–Crippen LogP) is 4.94. The van der Waals surface area contributed by atoms with Crippen LogP contribution in [-0.4, -0.2) is 16.7 Å². The maximum Gasteiger partial charge on any atom is 0.198 e. The lowest BCUT2D eigenvalue weighted by Gasteiger charge is -2.21. The van der Waals surface area contributed by atoms with E-state index in [9.17, 15) is 14.7 Å². The Balaban J connectivity index is 0.000000948. The van der Waals surface area contributed by atoms with Crippen molar-refractivity contribution in [2.75, 3.05) is 5.32 Å². The van der Waals surface area contributed by atoms with Crippen molar-refractivity contribution in [3.05, 3.63) is 89.0 Å². The first-order valence-electron chi connectivity index (χ1n) is 8.53. The van der Waals surface area contributed by atoms with E-state index >= 15 is 0 Å². The average Bonchev–Trinajstić information content (AvgIpc) is 2.70. The molecule has 0 atom stereocenters. The fourth-order valence-electron chi connectivity index (χ4n) is 2.99. The fourth-order valence-corrected chi connectivity index (χ4v) is 2.99. The van der Waals surface area contributed by atoms with E-state index < -0.39 is 0 Å². The number of phenols is 1. The highest BCUT2D eigenvalue weighted by atomic mass is 16.3. The monoisotopic (exact) mass is 345 g/mol. The molecule has 0 aliphatic heterocycles. The van der Waals surface area contributed by atoms with Gasteiger partial charge in [0, 0.05) is 16.8 Å². The second kappa shape index (κ2) is 7.23. The van der Waals surface area contributed by atoms with Crippen LogP contribution in [0.3, 0.4) is 0 Å². The minimum Gasteiger partial charge on any atom is -0.507 e. The van der Waals surface area contributed by atoms with Gasteiger partial charge in [-0.25, -0.2) is 0 Å². The molecule has 4 nitrogen and oxygen atoms in total. The third kappa shape index (κ3) is 2.86. The number of rotatable bonds is 2. The van der Waals surface area contributed by atoms with Crippen molar-refractivity contribution in [1.82, 2.24) is 0 Å². The Bertz CT molecular complexity index is 978. The van der Waals surface area contributed by atoms with Crippen molar-refractivity contribution in [2.24, 2.45) is 0 Å². The number of carbonyl (C=O) groups is 2. The maximum absolute atomic E-state index is 12.9. The molecule has 26 heavy (non-hydrogen) atoms. The summed E-state index contributed by atoms with van der Waals surface area (Å²) in [5.41, 5.74) is 2.24. The number of phenolic OH excluding ortho intramolecular Hbond substituents is 1. The van der Waals surface area contributed by atoms with Crippen LogP contribution in [-0.2, 0) is 0 Å². The van der Waals surface area contributed by atoms with E-state index in [0.29, 0.717) is 16.8 Å². The van der Waals surface area contributed by atoms with Gasteiger partial charge in [-0.2, -0.15) is 0 Å². The van der Waals surface area contributed by atoms with Crippen molar-refractivity contribution >= 4 is 22.9 Å². The summed E-state index contributed by atoms with van der Waals surface area (Å²) in [6.07, 6.45) is 0. The Kier molecular flexibility index (Phi) is 4.85. The lowest BCUT2D eigenvalue weighted by Crippen LogP contribution is -2.22. The van der Waals surface area contributed by atoms with Crippen LogP contribution in [0.1, 0.15) is 45.7 Å². The van der Waals surface area contributed by atoms with E-state index in [1.54, 1.807) is 30.3 Å². The van der Waals surface area contributed by atoms with Gasteiger partial charge in [-0.3, -0.25) is 9.59 Å². The molecule has 0 fully saturated rings. The summed E-state index contributed by atoms with van der Waals surface area (Å²) in [6.45, 7) is 4.00. The van der Waals surface area contributed by atoms with Gasteiger partial charge in [0.2, 0.25) is 0 Å². The van der Waals surface area contributed by atoms with Crippen LogP contribution in [0.5, 0.6) is 5.75 Å². The fraction of sp³-hybridized carbons (Fsp3) is 0.0909. The van der Waals surface area contributed by atoms with Crippen molar-refractivity contribution in [3.63, 3.8) is 0 Å². The zero-order valence-electron chi connectivity index (χ0n) is 14.6. The minimum absolute atomic E-state index is 0.0552. The topological polar surface area (TPSA) is 66.4 Å². The third-order valence-corrected chi connectivity index (χ3v) is 4.11. The molecule has 0 radical (unpaired) electrons. The van der Waals surface area contributed by atoms with Crippen LogP contribution in [0.15, 0.2) is 66.7 Å². The van der Waals surface area contributed by atoms with Gasteiger partial charge in [0.25, 0.3) is 0 Å². The van der Waals surface area contributed by atoms with E-state index in [1.165, 1.54) is 6.07 Å². The van der Waals surface area contributed by atoms with Crippen LogP contribution in [0.25, 0.3) is 0 Å². The van der Waals surface area contributed by atoms with Gasteiger partial charge in [-0.15, -0.1) is 0 Å². The molecule has 1 aliphatic carbocycles.